The van der Waals surface area contributed by atoms with E-state index in [1.54, 1.807) is 12.4 Å². The highest BCUT2D eigenvalue weighted by Gasteiger charge is 2.12. The fourth-order valence-corrected chi connectivity index (χ4v) is 2.04. The summed E-state index contributed by atoms with van der Waals surface area (Å²) in [6.07, 6.45) is 6.85. The van der Waals surface area contributed by atoms with E-state index in [1.165, 1.54) is 12.8 Å². The third kappa shape index (κ3) is 4.14. The normalized spacial score (nSPS) is 16.5. The highest BCUT2D eigenvalue weighted by molar-refractivity contribution is 5.33. The Morgan fingerprint density at radius 3 is 3.00 bits per heavy atom. The van der Waals surface area contributed by atoms with Crippen molar-refractivity contribution >= 4 is 5.82 Å². The van der Waals surface area contributed by atoms with E-state index in [-0.39, 0.29) is 0 Å². The standard InChI is InChI=1S/C13H22N4O/c1-2-7-18-13-10-15-9-12(17-13)16-8-11-3-5-14-6-4-11/h9-11,14H,2-8H2,1H3,(H,16,17). The van der Waals surface area contributed by atoms with E-state index in [2.05, 4.69) is 27.5 Å². The van der Waals surface area contributed by atoms with E-state index in [9.17, 15) is 0 Å². The smallest absolute Gasteiger partial charge is 0.234 e. The summed E-state index contributed by atoms with van der Waals surface area (Å²) in [5, 5.41) is 6.72. The summed E-state index contributed by atoms with van der Waals surface area (Å²) in [5.74, 6) is 2.14. The van der Waals surface area contributed by atoms with E-state index in [4.69, 9.17) is 4.74 Å². The van der Waals surface area contributed by atoms with Gasteiger partial charge in [0.05, 0.1) is 19.0 Å². The molecule has 5 nitrogen and oxygen atoms in total. The van der Waals surface area contributed by atoms with Crippen molar-refractivity contribution in [2.24, 2.45) is 5.92 Å². The Labute approximate surface area is 108 Å². The lowest BCUT2D eigenvalue weighted by molar-refractivity contribution is 0.304. The van der Waals surface area contributed by atoms with Crippen molar-refractivity contribution < 1.29 is 4.74 Å². The van der Waals surface area contributed by atoms with Gasteiger partial charge in [0.2, 0.25) is 5.88 Å². The molecule has 0 bridgehead atoms. The van der Waals surface area contributed by atoms with Crippen LogP contribution in [0.5, 0.6) is 5.88 Å². The van der Waals surface area contributed by atoms with Crippen molar-refractivity contribution in [2.75, 3.05) is 31.6 Å². The van der Waals surface area contributed by atoms with Gasteiger partial charge in [0, 0.05) is 6.54 Å². The van der Waals surface area contributed by atoms with E-state index in [1.807, 2.05) is 0 Å². The maximum Gasteiger partial charge on any atom is 0.234 e. The van der Waals surface area contributed by atoms with Gasteiger partial charge in [0.25, 0.3) is 0 Å². The van der Waals surface area contributed by atoms with Crippen LogP contribution in [0, 0.1) is 5.92 Å². The molecule has 1 aromatic rings. The van der Waals surface area contributed by atoms with Crippen molar-refractivity contribution in [2.45, 2.75) is 26.2 Å². The first-order chi connectivity index (χ1) is 8.88. The second kappa shape index (κ2) is 7.16. The lowest BCUT2D eigenvalue weighted by atomic mass is 9.98. The van der Waals surface area contributed by atoms with Crippen LogP contribution in [0.15, 0.2) is 12.4 Å². The van der Waals surface area contributed by atoms with Gasteiger partial charge in [-0.3, -0.25) is 4.98 Å². The summed E-state index contributed by atoms with van der Waals surface area (Å²) in [6, 6.07) is 0. The molecule has 0 atom stereocenters. The lowest BCUT2D eigenvalue weighted by Crippen LogP contribution is -2.31. The second-order valence-corrected chi connectivity index (χ2v) is 4.67. The summed E-state index contributed by atoms with van der Waals surface area (Å²) in [5.41, 5.74) is 0. The van der Waals surface area contributed by atoms with Crippen molar-refractivity contribution in [3.63, 3.8) is 0 Å². The van der Waals surface area contributed by atoms with Gasteiger partial charge in [0.1, 0.15) is 5.82 Å². The van der Waals surface area contributed by atoms with Gasteiger partial charge in [-0.15, -0.1) is 0 Å². The summed E-state index contributed by atoms with van der Waals surface area (Å²) in [4.78, 5) is 8.52. The molecule has 0 aliphatic carbocycles. The third-order valence-electron chi connectivity index (χ3n) is 3.10. The van der Waals surface area contributed by atoms with E-state index >= 15 is 0 Å². The summed E-state index contributed by atoms with van der Waals surface area (Å²) >= 11 is 0. The fourth-order valence-electron chi connectivity index (χ4n) is 2.04. The van der Waals surface area contributed by atoms with Gasteiger partial charge >= 0.3 is 0 Å². The second-order valence-electron chi connectivity index (χ2n) is 4.67. The predicted molar refractivity (Wildman–Crippen MR) is 71.9 cm³/mol. The zero-order chi connectivity index (χ0) is 12.6. The molecule has 0 unspecified atom stereocenters. The highest BCUT2D eigenvalue weighted by Crippen LogP contribution is 2.14. The van der Waals surface area contributed by atoms with Crippen LogP contribution in [-0.2, 0) is 0 Å². The van der Waals surface area contributed by atoms with Crippen LogP contribution in [0.25, 0.3) is 0 Å². The van der Waals surface area contributed by atoms with Crippen LogP contribution >= 0.6 is 0 Å². The molecule has 2 N–H and O–H groups in total. The number of hydrogen-bond acceptors (Lipinski definition) is 5. The molecule has 100 valence electrons. The van der Waals surface area contributed by atoms with Gasteiger partial charge in [-0.05, 0) is 38.3 Å². The molecule has 1 fully saturated rings. The van der Waals surface area contributed by atoms with Gasteiger partial charge in [-0.1, -0.05) is 6.92 Å². The minimum Gasteiger partial charge on any atom is -0.477 e. The number of piperidine rings is 1. The van der Waals surface area contributed by atoms with E-state index in [0.29, 0.717) is 12.5 Å². The Morgan fingerprint density at radius 1 is 1.39 bits per heavy atom. The number of ether oxygens (including phenoxy) is 1. The molecular formula is C13H22N4O. The molecule has 5 heteroatoms. The average molecular weight is 250 g/mol. The van der Waals surface area contributed by atoms with Gasteiger partial charge in [0.15, 0.2) is 0 Å². The first kappa shape index (κ1) is 13.1. The summed E-state index contributed by atoms with van der Waals surface area (Å²) in [7, 11) is 0. The number of nitrogens with zero attached hydrogens (tertiary/aromatic N) is 2. The number of anilines is 1. The number of nitrogens with one attached hydrogen (secondary N) is 2. The Hall–Kier alpha value is -1.36. The zero-order valence-electron chi connectivity index (χ0n) is 11.0. The molecule has 0 aromatic carbocycles. The molecule has 18 heavy (non-hydrogen) atoms. The molecular weight excluding hydrogens is 228 g/mol. The maximum atomic E-state index is 5.46. The van der Waals surface area contributed by atoms with Crippen molar-refractivity contribution in [1.29, 1.82) is 0 Å². The number of rotatable bonds is 6. The zero-order valence-corrected chi connectivity index (χ0v) is 11.0. The van der Waals surface area contributed by atoms with Crippen LogP contribution in [0.1, 0.15) is 26.2 Å². The van der Waals surface area contributed by atoms with Crippen LogP contribution in [0.3, 0.4) is 0 Å². The fraction of sp³-hybridized carbons (Fsp3) is 0.692. The third-order valence-corrected chi connectivity index (χ3v) is 3.10. The maximum absolute atomic E-state index is 5.46. The van der Waals surface area contributed by atoms with Gasteiger partial charge in [-0.2, -0.15) is 4.98 Å². The monoisotopic (exact) mass is 250 g/mol. The van der Waals surface area contributed by atoms with Crippen molar-refractivity contribution in [1.82, 2.24) is 15.3 Å². The summed E-state index contributed by atoms with van der Waals surface area (Å²) < 4.78 is 5.46. The largest absolute Gasteiger partial charge is 0.477 e. The lowest BCUT2D eigenvalue weighted by Gasteiger charge is -2.22. The minimum absolute atomic E-state index is 0.604. The van der Waals surface area contributed by atoms with Crippen molar-refractivity contribution in [3.8, 4) is 5.88 Å². The molecule has 0 spiro atoms. The topological polar surface area (TPSA) is 59.1 Å². The molecule has 1 saturated heterocycles. The predicted octanol–water partition coefficient (Wildman–Crippen LogP) is 1.68. The molecule has 1 aromatic heterocycles. The van der Waals surface area contributed by atoms with Gasteiger partial charge in [-0.25, -0.2) is 0 Å². The molecule has 0 amide bonds. The molecule has 2 rings (SSSR count). The number of aromatic nitrogens is 2. The Balaban J connectivity index is 1.80. The Kier molecular flexibility index (Phi) is 5.20. The van der Waals surface area contributed by atoms with E-state index in [0.717, 1.165) is 37.8 Å². The molecule has 1 aliphatic heterocycles. The van der Waals surface area contributed by atoms with Crippen LogP contribution in [-0.4, -0.2) is 36.2 Å². The van der Waals surface area contributed by atoms with Crippen LogP contribution in [0.4, 0.5) is 5.82 Å². The van der Waals surface area contributed by atoms with Crippen LogP contribution in [0.2, 0.25) is 0 Å². The number of hydrogen-bond donors (Lipinski definition) is 2. The molecule has 2 heterocycles. The van der Waals surface area contributed by atoms with Crippen molar-refractivity contribution in [3.05, 3.63) is 12.4 Å². The Morgan fingerprint density at radius 2 is 2.22 bits per heavy atom. The molecule has 1 aliphatic rings. The molecule has 0 radical (unpaired) electrons. The minimum atomic E-state index is 0.604. The molecule has 0 saturated carbocycles. The van der Waals surface area contributed by atoms with E-state index < -0.39 is 0 Å². The highest BCUT2D eigenvalue weighted by atomic mass is 16.5. The quantitative estimate of drug-likeness (QED) is 0.804. The average Bonchev–Trinajstić information content (AvgIpc) is 2.44. The van der Waals surface area contributed by atoms with Crippen LogP contribution < -0.4 is 15.4 Å². The first-order valence-electron chi connectivity index (χ1n) is 6.78. The SMILES string of the molecule is CCCOc1cncc(NCC2CCNCC2)n1. The first-order valence-corrected chi connectivity index (χ1v) is 6.78. The summed E-state index contributed by atoms with van der Waals surface area (Å²) in [6.45, 7) is 5.97. The van der Waals surface area contributed by atoms with Gasteiger partial charge < -0.3 is 15.4 Å². The Bertz CT molecular complexity index is 353.